The minimum atomic E-state index is -3.20. The predicted octanol–water partition coefficient (Wildman–Crippen LogP) is 1.14. The summed E-state index contributed by atoms with van der Waals surface area (Å²) in [6, 6.07) is 9.61. The lowest BCUT2D eigenvalue weighted by atomic mass is 9.91. The fraction of sp³-hybridized carbons (Fsp3) is 0.538. The van der Waals surface area contributed by atoms with Crippen LogP contribution in [0.3, 0.4) is 0 Å². The quantitative estimate of drug-likeness (QED) is 0.894. The van der Waals surface area contributed by atoms with Crippen molar-refractivity contribution in [3.8, 4) is 0 Å². The Morgan fingerprint density at radius 2 is 2.00 bits per heavy atom. The molecule has 0 radical (unpaired) electrons. The van der Waals surface area contributed by atoms with Crippen LogP contribution in [0.25, 0.3) is 0 Å². The smallest absolute Gasteiger partial charge is 0.215 e. The summed E-state index contributed by atoms with van der Waals surface area (Å²) in [4.78, 5) is 0. The number of benzene rings is 1. The van der Waals surface area contributed by atoms with Crippen molar-refractivity contribution in [1.29, 1.82) is 0 Å². The zero-order chi connectivity index (χ0) is 13.4. The van der Waals surface area contributed by atoms with Crippen molar-refractivity contribution in [1.82, 2.24) is 4.31 Å². The number of nitrogens with zero attached hydrogens (tertiary/aromatic N) is 1. The van der Waals surface area contributed by atoms with Gasteiger partial charge in [-0.15, -0.1) is 0 Å². The first-order valence-electron chi connectivity index (χ1n) is 6.16. The third-order valence-electron chi connectivity index (χ3n) is 3.65. The molecule has 18 heavy (non-hydrogen) atoms. The van der Waals surface area contributed by atoms with Crippen LogP contribution in [0.5, 0.6) is 0 Å². The average molecular weight is 268 g/mol. The molecule has 1 heterocycles. The van der Waals surface area contributed by atoms with E-state index in [-0.39, 0.29) is 18.2 Å². The molecule has 1 aromatic carbocycles. The van der Waals surface area contributed by atoms with E-state index in [1.165, 1.54) is 0 Å². The van der Waals surface area contributed by atoms with E-state index in [0.717, 1.165) is 5.56 Å². The Morgan fingerprint density at radius 1 is 1.39 bits per heavy atom. The first-order chi connectivity index (χ1) is 8.40. The van der Waals surface area contributed by atoms with Crippen LogP contribution in [0.4, 0.5) is 0 Å². The predicted molar refractivity (Wildman–Crippen MR) is 72.5 cm³/mol. The summed E-state index contributed by atoms with van der Waals surface area (Å²) in [5.74, 6) is 0.375. The fourth-order valence-electron chi connectivity index (χ4n) is 2.57. The van der Waals surface area contributed by atoms with Crippen LogP contribution in [0.15, 0.2) is 30.3 Å². The van der Waals surface area contributed by atoms with Crippen LogP contribution in [0, 0.1) is 5.92 Å². The SMILES string of the molecule is CC1CN(C(C)(CN)c2ccccc2)S(=O)(=O)C1. The van der Waals surface area contributed by atoms with Crippen molar-refractivity contribution < 1.29 is 8.42 Å². The van der Waals surface area contributed by atoms with Gasteiger partial charge in [0.1, 0.15) is 0 Å². The Bertz CT molecular complexity index is 515. The maximum atomic E-state index is 12.2. The molecule has 0 amide bonds. The number of hydrogen-bond acceptors (Lipinski definition) is 3. The van der Waals surface area contributed by atoms with E-state index in [4.69, 9.17) is 5.73 Å². The van der Waals surface area contributed by atoms with Crippen molar-refractivity contribution in [3.63, 3.8) is 0 Å². The molecular formula is C13H20N2O2S. The van der Waals surface area contributed by atoms with E-state index < -0.39 is 15.6 Å². The van der Waals surface area contributed by atoms with Gasteiger partial charge in [-0.2, -0.15) is 4.31 Å². The maximum absolute atomic E-state index is 12.2. The lowest BCUT2D eigenvalue weighted by Gasteiger charge is -2.37. The summed E-state index contributed by atoms with van der Waals surface area (Å²) in [5.41, 5.74) is 6.18. The molecule has 0 bridgehead atoms. The summed E-state index contributed by atoms with van der Waals surface area (Å²) in [7, 11) is -3.20. The number of nitrogens with two attached hydrogens (primary N) is 1. The monoisotopic (exact) mass is 268 g/mol. The highest BCUT2D eigenvalue weighted by atomic mass is 32.2. The zero-order valence-electron chi connectivity index (χ0n) is 10.8. The van der Waals surface area contributed by atoms with Crippen molar-refractivity contribution in [3.05, 3.63) is 35.9 Å². The maximum Gasteiger partial charge on any atom is 0.215 e. The number of sulfonamides is 1. The Balaban J connectivity index is 2.46. The Morgan fingerprint density at radius 3 is 2.44 bits per heavy atom. The van der Waals surface area contributed by atoms with Gasteiger partial charge in [-0.3, -0.25) is 0 Å². The van der Waals surface area contributed by atoms with E-state index >= 15 is 0 Å². The molecule has 1 saturated heterocycles. The van der Waals surface area contributed by atoms with Gasteiger partial charge in [0, 0.05) is 13.1 Å². The summed E-state index contributed by atoms with van der Waals surface area (Å²) < 4.78 is 26.0. The molecule has 4 nitrogen and oxygen atoms in total. The molecule has 1 aliphatic rings. The van der Waals surface area contributed by atoms with Gasteiger partial charge in [0.05, 0.1) is 11.3 Å². The molecule has 0 aliphatic carbocycles. The van der Waals surface area contributed by atoms with Gasteiger partial charge in [-0.1, -0.05) is 37.3 Å². The molecule has 0 aromatic heterocycles. The summed E-state index contributed by atoms with van der Waals surface area (Å²) in [5, 5.41) is 0. The molecule has 1 fully saturated rings. The fourth-order valence-corrected chi connectivity index (χ4v) is 4.85. The molecule has 1 aromatic rings. The van der Waals surface area contributed by atoms with Crippen LogP contribution in [-0.2, 0) is 15.6 Å². The Hall–Kier alpha value is -0.910. The average Bonchev–Trinajstić information content (AvgIpc) is 2.63. The molecule has 5 heteroatoms. The second-order valence-electron chi connectivity index (χ2n) is 5.26. The highest BCUT2D eigenvalue weighted by Crippen LogP contribution is 2.34. The zero-order valence-corrected chi connectivity index (χ0v) is 11.7. The van der Waals surface area contributed by atoms with Crippen molar-refractivity contribution in [2.45, 2.75) is 19.4 Å². The highest BCUT2D eigenvalue weighted by Gasteiger charge is 2.45. The largest absolute Gasteiger partial charge is 0.328 e. The molecule has 2 unspecified atom stereocenters. The van der Waals surface area contributed by atoms with Crippen LogP contribution < -0.4 is 5.73 Å². The highest BCUT2D eigenvalue weighted by molar-refractivity contribution is 7.89. The third-order valence-corrected chi connectivity index (χ3v) is 5.87. The van der Waals surface area contributed by atoms with Crippen molar-refractivity contribution in [2.24, 2.45) is 11.7 Å². The molecule has 2 N–H and O–H groups in total. The van der Waals surface area contributed by atoms with E-state index in [2.05, 4.69) is 0 Å². The minimum Gasteiger partial charge on any atom is -0.328 e. The summed E-state index contributed by atoms with van der Waals surface area (Å²) in [6.07, 6.45) is 0. The lowest BCUT2D eigenvalue weighted by molar-refractivity contribution is 0.217. The topological polar surface area (TPSA) is 63.4 Å². The Kier molecular flexibility index (Phi) is 3.49. The second-order valence-corrected chi connectivity index (χ2v) is 7.20. The van der Waals surface area contributed by atoms with Crippen LogP contribution in [0.1, 0.15) is 19.4 Å². The molecular weight excluding hydrogens is 248 g/mol. The first-order valence-corrected chi connectivity index (χ1v) is 7.77. The van der Waals surface area contributed by atoms with Gasteiger partial charge in [0.25, 0.3) is 0 Å². The van der Waals surface area contributed by atoms with Crippen molar-refractivity contribution in [2.75, 3.05) is 18.8 Å². The molecule has 2 atom stereocenters. The number of rotatable bonds is 3. The van der Waals surface area contributed by atoms with Gasteiger partial charge in [-0.25, -0.2) is 8.42 Å². The normalized spacial score (nSPS) is 26.9. The molecule has 100 valence electrons. The Labute approximate surface area is 109 Å². The van der Waals surface area contributed by atoms with Crippen molar-refractivity contribution >= 4 is 10.0 Å². The van der Waals surface area contributed by atoms with Gasteiger partial charge < -0.3 is 5.73 Å². The van der Waals surface area contributed by atoms with E-state index in [9.17, 15) is 8.42 Å². The second kappa shape index (κ2) is 4.64. The van der Waals surface area contributed by atoms with Gasteiger partial charge >= 0.3 is 0 Å². The molecule has 0 spiro atoms. The lowest BCUT2D eigenvalue weighted by Crippen LogP contribution is -2.49. The summed E-state index contributed by atoms with van der Waals surface area (Å²) in [6.45, 7) is 4.69. The van der Waals surface area contributed by atoms with E-state index in [1.54, 1.807) is 4.31 Å². The minimum absolute atomic E-state index is 0.157. The van der Waals surface area contributed by atoms with Crippen LogP contribution >= 0.6 is 0 Å². The van der Waals surface area contributed by atoms with Gasteiger partial charge in [0.2, 0.25) is 10.0 Å². The van der Waals surface area contributed by atoms with Gasteiger partial charge in [0.15, 0.2) is 0 Å². The van der Waals surface area contributed by atoms with Gasteiger partial charge in [-0.05, 0) is 18.4 Å². The molecule has 2 rings (SSSR count). The standard InChI is InChI=1S/C13H20N2O2S/c1-11-8-15(18(16,17)9-11)13(2,10-14)12-6-4-3-5-7-12/h3-7,11H,8-10,14H2,1-2H3. The molecule has 0 saturated carbocycles. The van der Waals surface area contributed by atoms with Crippen LogP contribution in [-0.4, -0.2) is 31.6 Å². The summed E-state index contributed by atoms with van der Waals surface area (Å²) >= 11 is 0. The third kappa shape index (κ3) is 2.18. The first kappa shape index (κ1) is 13.5. The number of hydrogen-bond donors (Lipinski definition) is 1. The van der Waals surface area contributed by atoms with Crippen LogP contribution in [0.2, 0.25) is 0 Å². The van der Waals surface area contributed by atoms with E-state index in [0.29, 0.717) is 6.54 Å². The molecule has 1 aliphatic heterocycles. The van der Waals surface area contributed by atoms with E-state index in [1.807, 2.05) is 44.2 Å².